The van der Waals surface area contributed by atoms with Crippen LogP contribution in [-0.4, -0.2) is 15.2 Å². The number of hydrogen-bond donors (Lipinski definition) is 0. The molecule has 0 radical (unpaired) electrons. The molecule has 1 heterocycles. The molecular formula is C11H20N2O. The summed E-state index contributed by atoms with van der Waals surface area (Å²) in [7, 11) is 0. The van der Waals surface area contributed by atoms with Gasteiger partial charge in [0.1, 0.15) is 12.4 Å². The Morgan fingerprint density at radius 3 is 2.57 bits per heavy atom. The van der Waals surface area contributed by atoms with Gasteiger partial charge in [-0.2, -0.15) is 0 Å². The molecule has 0 aliphatic heterocycles. The number of aromatic nitrogens is 2. The van der Waals surface area contributed by atoms with Gasteiger partial charge in [0.15, 0.2) is 0 Å². The average Bonchev–Trinajstić information content (AvgIpc) is 2.46. The minimum atomic E-state index is -0.103. The summed E-state index contributed by atoms with van der Waals surface area (Å²) >= 11 is 0. The van der Waals surface area contributed by atoms with Crippen molar-refractivity contribution in [1.82, 2.24) is 9.55 Å². The van der Waals surface area contributed by atoms with E-state index >= 15 is 0 Å². The van der Waals surface area contributed by atoms with Crippen molar-refractivity contribution in [1.29, 1.82) is 0 Å². The van der Waals surface area contributed by atoms with Gasteiger partial charge in [-0.3, -0.25) is 0 Å². The van der Waals surface area contributed by atoms with E-state index in [1.807, 2.05) is 12.4 Å². The monoisotopic (exact) mass is 196 g/mol. The highest BCUT2D eigenvalue weighted by atomic mass is 16.5. The standard InChI is InChI=1S/C11H20N2O/c1-9(2)13-7-6-12-10(13)8-14-11(3,4)5/h6-7,9H,8H2,1-5H3. The summed E-state index contributed by atoms with van der Waals surface area (Å²) < 4.78 is 7.81. The molecule has 0 atom stereocenters. The van der Waals surface area contributed by atoms with Crippen molar-refractivity contribution < 1.29 is 4.74 Å². The average molecular weight is 196 g/mol. The van der Waals surface area contributed by atoms with E-state index in [4.69, 9.17) is 4.74 Å². The molecular weight excluding hydrogens is 176 g/mol. The van der Waals surface area contributed by atoms with Gasteiger partial charge in [-0.05, 0) is 34.6 Å². The first-order valence-corrected chi connectivity index (χ1v) is 5.06. The van der Waals surface area contributed by atoms with E-state index in [1.165, 1.54) is 0 Å². The van der Waals surface area contributed by atoms with Crippen LogP contribution in [0, 0.1) is 0 Å². The maximum absolute atomic E-state index is 5.68. The molecule has 0 saturated heterocycles. The van der Waals surface area contributed by atoms with Crippen molar-refractivity contribution in [2.75, 3.05) is 0 Å². The molecule has 3 nitrogen and oxygen atoms in total. The Kier molecular flexibility index (Phi) is 3.32. The molecule has 0 unspecified atom stereocenters. The Hall–Kier alpha value is -0.830. The maximum Gasteiger partial charge on any atom is 0.135 e. The maximum atomic E-state index is 5.68. The van der Waals surface area contributed by atoms with E-state index < -0.39 is 0 Å². The van der Waals surface area contributed by atoms with E-state index in [2.05, 4.69) is 44.2 Å². The zero-order valence-corrected chi connectivity index (χ0v) is 9.74. The van der Waals surface area contributed by atoms with E-state index in [9.17, 15) is 0 Å². The van der Waals surface area contributed by atoms with Gasteiger partial charge in [0, 0.05) is 18.4 Å². The highest BCUT2D eigenvalue weighted by molar-refractivity contribution is 4.92. The molecule has 0 amide bonds. The van der Waals surface area contributed by atoms with E-state index in [1.54, 1.807) is 0 Å². The smallest absolute Gasteiger partial charge is 0.135 e. The van der Waals surface area contributed by atoms with Gasteiger partial charge in [-0.25, -0.2) is 4.98 Å². The van der Waals surface area contributed by atoms with Crippen molar-refractivity contribution in [3.05, 3.63) is 18.2 Å². The van der Waals surface area contributed by atoms with Crippen LogP contribution in [0.25, 0.3) is 0 Å². The van der Waals surface area contributed by atoms with E-state index in [-0.39, 0.29) is 5.60 Å². The highest BCUT2D eigenvalue weighted by Crippen LogP contribution is 2.13. The fourth-order valence-corrected chi connectivity index (χ4v) is 1.21. The van der Waals surface area contributed by atoms with E-state index in [0.29, 0.717) is 12.6 Å². The van der Waals surface area contributed by atoms with Gasteiger partial charge < -0.3 is 9.30 Å². The summed E-state index contributed by atoms with van der Waals surface area (Å²) in [5.74, 6) is 0.995. The number of rotatable bonds is 3. The summed E-state index contributed by atoms with van der Waals surface area (Å²) in [6, 6.07) is 0.441. The van der Waals surface area contributed by atoms with Crippen LogP contribution in [-0.2, 0) is 11.3 Å². The molecule has 1 aromatic heterocycles. The van der Waals surface area contributed by atoms with E-state index in [0.717, 1.165) is 5.82 Å². The van der Waals surface area contributed by atoms with Crippen molar-refractivity contribution in [3.8, 4) is 0 Å². The number of hydrogen-bond acceptors (Lipinski definition) is 2. The highest BCUT2D eigenvalue weighted by Gasteiger charge is 2.13. The van der Waals surface area contributed by atoms with Crippen LogP contribution in [0.2, 0.25) is 0 Å². The third-order valence-corrected chi connectivity index (χ3v) is 1.94. The first kappa shape index (κ1) is 11.2. The molecule has 14 heavy (non-hydrogen) atoms. The van der Waals surface area contributed by atoms with Crippen LogP contribution in [0.4, 0.5) is 0 Å². The molecule has 0 aliphatic carbocycles. The van der Waals surface area contributed by atoms with Gasteiger partial charge in [0.05, 0.1) is 5.60 Å². The predicted molar refractivity (Wildman–Crippen MR) is 57.2 cm³/mol. The van der Waals surface area contributed by atoms with Gasteiger partial charge in [0.2, 0.25) is 0 Å². The molecule has 0 N–H and O–H groups in total. The normalized spacial score (nSPS) is 12.4. The lowest BCUT2D eigenvalue weighted by Gasteiger charge is -2.20. The van der Waals surface area contributed by atoms with Crippen LogP contribution in [0.5, 0.6) is 0 Å². The second kappa shape index (κ2) is 4.13. The first-order valence-electron chi connectivity index (χ1n) is 5.06. The third-order valence-electron chi connectivity index (χ3n) is 1.94. The molecule has 0 fully saturated rings. The molecule has 1 aromatic rings. The molecule has 0 spiro atoms. The fraction of sp³-hybridized carbons (Fsp3) is 0.727. The zero-order valence-electron chi connectivity index (χ0n) is 9.74. The van der Waals surface area contributed by atoms with Crippen LogP contribution in [0.15, 0.2) is 12.4 Å². The Balaban J connectivity index is 2.63. The minimum absolute atomic E-state index is 0.103. The molecule has 0 aliphatic rings. The number of nitrogens with zero attached hydrogens (tertiary/aromatic N) is 2. The molecule has 1 rings (SSSR count). The van der Waals surface area contributed by atoms with Crippen molar-refractivity contribution in [2.24, 2.45) is 0 Å². The van der Waals surface area contributed by atoms with Gasteiger partial charge in [-0.1, -0.05) is 0 Å². The number of ether oxygens (including phenoxy) is 1. The number of imidazole rings is 1. The molecule has 0 saturated carbocycles. The molecule has 0 aromatic carbocycles. The second-order valence-corrected chi connectivity index (χ2v) is 4.75. The van der Waals surface area contributed by atoms with Gasteiger partial charge >= 0.3 is 0 Å². The van der Waals surface area contributed by atoms with Crippen molar-refractivity contribution >= 4 is 0 Å². The van der Waals surface area contributed by atoms with Crippen LogP contribution in [0.1, 0.15) is 46.5 Å². The minimum Gasteiger partial charge on any atom is -0.368 e. The summed E-state index contributed by atoms with van der Waals surface area (Å²) in [6.45, 7) is 11.0. The van der Waals surface area contributed by atoms with Crippen LogP contribution >= 0.6 is 0 Å². The largest absolute Gasteiger partial charge is 0.368 e. The van der Waals surface area contributed by atoms with Crippen molar-refractivity contribution in [3.63, 3.8) is 0 Å². The summed E-state index contributed by atoms with van der Waals surface area (Å²) in [4.78, 5) is 4.28. The summed E-state index contributed by atoms with van der Waals surface area (Å²) in [5.41, 5.74) is -0.103. The Morgan fingerprint density at radius 1 is 1.43 bits per heavy atom. The third kappa shape index (κ3) is 3.14. The molecule has 0 bridgehead atoms. The molecule has 3 heteroatoms. The van der Waals surface area contributed by atoms with Crippen LogP contribution < -0.4 is 0 Å². The van der Waals surface area contributed by atoms with Gasteiger partial charge in [0.25, 0.3) is 0 Å². The Labute approximate surface area is 86.1 Å². The van der Waals surface area contributed by atoms with Crippen LogP contribution in [0.3, 0.4) is 0 Å². The zero-order chi connectivity index (χ0) is 10.8. The Bertz CT molecular complexity index is 284. The lowest BCUT2D eigenvalue weighted by molar-refractivity contribution is -0.0195. The lowest BCUT2D eigenvalue weighted by atomic mass is 10.2. The van der Waals surface area contributed by atoms with Crippen molar-refractivity contribution in [2.45, 2.75) is 52.9 Å². The Morgan fingerprint density at radius 2 is 2.07 bits per heavy atom. The van der Waals surface area contributed by atoms with Gasteiger partial charge in [-0.15, -0.1) is 0 Å². The lowest BCUT2D eigenvalue weighted by Crippen LogP contribution is -2.20. The first-order chi connectivity index (χ1) is 6.40. The molecule has 80 valence electrons. The predicted octanol–water partition coefficient (Wildman–Crippen LogP) is 2.78. The fourth-order valence-electron chi connectivity index (χ4n) is 1.21. The second-order valence-electron chi connectivity index (χ2n) is 4.75. The summed E-state index contributed by atoms with van der Waals surface area (Å²) in [5, 5.41) is 0. The SMILES string of the molecule is CC(C)n1ccnc1COC(C)(C)C. The quantitative estimate of drug-likeness (QED) is 0.743. The topological polar surface area (TPSA) is 27.1 Å². The summed E-state index contributed by atoms with van der Waals surface area (Å²) in [6.07, 6.45) is 3.81.